The second-order valence-corrected chi connectivity index (χ2v) is 21.6. The molecule has 0 bridgehead atoms. The van der Waals surface area contributed by atoms with Crippen molar-refractivity contribution in [3.8, 4) is 39.8 Å². The van der Waals surface area contributed by atoms with Crippen LogP contribution in [0.2, 0.25) is 0 Å². The predicted octanol–water partition coefficient (Wildman–Crippen LogP) is 5.69. The number of primary amides is 1. The lowest BCUT2D eigenvalue weighted by Gasteiger charge is -2.35. The van der Waals surface area contributed by atoms with Gasteiger partial charge in [-0.25, -0.2) is 31.3 Å². The number of nitrogens with two attached hydrogens (primary N) is 2. The molecule has 6 N–H and O–H groups in total. The number of nitrogens with one attached hydrogen (secondary N) is 1. The van der Waals surface area contributed by atoms with E-state index in [0.717, 1.165) is 14.6 Å². The summed E-state index contributed by atoms with van der Waals surface area (Å²) in [6.07, 6.45) is -2.82. The summed E-state index contributed by atoms with van der Waals surface area (Å²) in [7, 11) is -5.47. The molecule has 5 aromatic carbocycles. The van der Waals surface area contributed by atoms with Gasteiger partial charge in [0.05, 0.1) is 49.7 Å². The molecule has 2 heterocycles. The predicted molar refractivity (Wildman–Crippen MR) is 259 cm³/mol. The Morgan fingerprint density at radius 1 is 0.812 bits per heavy atom. The molecule has 0 radical (unpaired) electrons. The number of carbonyl (C=O) groups excluding carboxylic acids is 1. The molecule has 2 aromatic heterocycles. The molecule has 0 aliphatic rings. The van der Waals surface area contributed by atoms with E-state index < -0.39 is 60.1 Å². The summed E-state index contributed by atoms with van der Waals surface area (Å²) in [5.74, 6) is 1.47. The third-order valence-corrected chi connectivity index (χ3v) is 15.7. The second kappa shape index (κ2) is 21.0. The van der Waals surface area contributed by atoms with Crippen LogP contribution in [-0.4, -0.2) is 97.6 Å². The molecule has 0 spiro atoms. The quantitative estimate of drug-likeness (QED) is 0.0715. The molecule has 22 heteroatoms. The van der Waals surface area contributed by atoms with Crippen LogP contribution in [0.3, 0.4) is 0 Å². The Balaban J connectivity index is 1.54. The van der Waals surface area contributed by atoms with Gasteiger partial charge in [-0.1, -0.05) is 75.4 Å². The minimum absolute atomic E-state index is 0.0923. The fraction of sp³-hybridized carbons (Fsp3) is 0.298. The Morgan fingerprint density at radius 3 is 1.90 bits per heavy atom. The summed E-state index contributed by atoms with van der Waals surface area (Å²) in [6, 6.07) is 27.4. The minimum atomic E-state index is -5.04. The molecule has 1 amide bonds. The number of amides is 1. The first kappa shape index (κ1) is 50.3. The van der Waals surface area contributed by atoms with Crippen molar-refractivity contribution < 1.29 is 45.7 Å². The standard InChI is InChI=1S/C47H53N9O10S3/c1-47(2,3)44(37(57)28-66-46(49)58)53-68(59,60)39-23-22-35(36-8-7-9-38-42(36)50-40(24-48)67-38)41(45-51-54-56(52-45)27-31-14-20-34(65-6)21-15-31)43(39)69(61,62)55(25-29-10-16-32(63-4)17-11-29)26-30-12-18-33(64-5)19-13-30/h7-23,37,44,53,57H,24-28,48H2,1-6H3,(H2,49,58). The Morgan fingerprint density at radius 2 is 1.38 bits per heavy atom. The fourth-order valence-electron chi connectivity index (χ4n) is 7.63. The molecule has 0 saturated heterocycles. The molecule has 7 rings (SSSR count). The van der Waals surface area contributed by atoms with Gasteiger partial charge in [-0.2, -0.15) is 9.10 Å². The number of sulfonamides is 2. The third-order valence-electron chi connectivity index (χ3n) is 11.1. The van der Waals surface area contributed by atoms with E-state index in [1.165, 1.54) is 42.5 Å². The maximum Gasteiger partial charge on any atom is 0.404 e. The Hall–Kier alpha value is -6.53. The number of nitrogens with zero attached hydrogens (tertiary/aromatic N) is 6. The fourth-order valence-corrected chi connectivity index (χ4v) is 12.4. The highest BCUT2D eigenvalue weighted by Gasteiger charge is 2.41. The van der Waals surface area contributed by atoms with Gasteiger partial charge in [0.1, 0.15) is 44.8 Å². The van der Waals surface area contributed by atoms with Crippen LogP contribution in [0.1, 0.15) is 42.5 Å². The van der Waals surface area contributed by atoms with Crippen molar-refractivity contribution in [2.24, 2.45) is 16.9 Å². The first-order chi connectivity index (χ1) is 32.8. The maximum absolute atomic E-state index is 16.2. The van der Waals surface area contributed by atoms with Crippen molar-refractivity contribution in [3.63, 3.8) is 0 Å². The third kappa shape index (κ3) is 11.5. The summed E-state index contributed by atoms with van der Waals surface area (Å²) in [4.78, 5) is 16.3. The number of fused-ring (bicyclic) bond motifs is 1. The number of para-hydroxylation sites is 1. The average Bonchev–Trinajstić information content (AvgIpc) is 3.99. The van der Waals surface area contributed by atoms with Crippen LogP contribution in [0.15, 0.2) is 113 Å². The second-order valence-electron chi connectivity index (χ2n) is 16.9. The van der Waals surface area contributed by atoms with E-state index in [2.05, 4.69) is 15.0 Å². The number of rotatable bonds is 20. The first-order valence-electron chi connectivity index (χ1n) is 21.4. The van der Waals surface area contributed by atoms with Crippen molar-refractivity contribution >= 4 is 47.7 Å². The van der Waals surface area contributed by atoms with Crippen LogP contribution in [0.4, 0.5) is 4.79 Å². The van der Waals surface area contributed by atoms with Crippen LogP contribution < -0.4 is 30.4 Å². The summed E-state index contributed by atoms with van der Waals surface area (Å²) in [5.41, 5.74) is 13.0. The zero-order chi connectivity index (χ0) is 49.7. The molecular formula is C47H53N9O10S3. The van der Waals surface area contributed by atoms with Crippen molar-refractivity contribution in [1.82, 2.24) is 34.2 Å². The Labute approximate surface area is 404 Å². The monoisotopic (exact) mass is 999 g/mol. The molecule has 2 atom stereocenters. The Kier molecular flexibility index (Phi) is 15.3. The largest absolute Gasteiger partial charge is 0.497 e. The number of thiazole rings is 1. The molecule has 0 aliphatic heterocycles. The highest BCUT2D eigenvalue weighted by atomic mass is 32.2. The van der Waals surface area contributed by atoms with Gasteiger partial charge in [0.15, 0.2) is 0 Å². The normalized spacial score (nSPS) is 13.1. The van der Waals surface area contributed by atoms with Gasteiger partial charge in [-0.15, -0.1) is 21.5 Å². The SMILES string of the molecule is COc1ccc(CN(Cc2ccc(OC)cc2)S(=O)(=O)c2c(S(=O)(=O)NC(C(O)COC(N)=O)C(C)(C)C)ccc(-c3cccc4sc(CN)nc34)c2-c2nnn(Cc3ccc(OC)cc3)n2)cc1. The van der Waals surface area contributed by atoms with Gasteiger partial charge in [0.2, 0.25) is 25.9 Å². The number of tetrazole rings is 1. The Bertz CT molecular complexity index is 3090. The van der Waals surface area contributed by atoms with Crippen molar-refractivity contribution in [2.75, 3.05) is 27.9 Å². The number of carbonyl (C=O) groups is 1. The molecule has 0 fully saturated rings. The van der Waals surface area contributed by atoms with Crippen LogP contribution in [0.25, 0.3) is 32.7 Å². The number of aliphatic hydroxyl groups is 1. The summed E-state index contributed by atoms with van der Waals surface area (Å²) in [5, 5.41) is 25.5. The van der Waals surface area contributed by atoms with E-state index in [1.807, 2.05) is 18.2 Å². The molecule has 19 nitrogen and oxygen atoms in total. The first-order valence-corrected chi connectivity index (χ1v) is 25.1. The highest BCUT2D eigenvalue weighted by molar-refractivity contribution is 7.92. The number of hydrogen-bond acceptors (Lipinski definition) is 16. The zero-order valence-corrected chi connectivity index (χ0v) is 41.1. The van der Waals surface area contributed by atoms with Crippen molar-refractivity contribution in [1.29, 1.82) is 0 Å². The van der Waals surface area contributed by atoms with E-state index in [9.17, 15) is 9.90 Å². The van der Waals surface area contributed by atoms with E-state index in [-0.39, 0.29) is 43.1 Å². The summed E-state index contributed by atoms with van der Waals surface area (Å²) < 4.78 is 88.5. The molecular weight excluding hydrogens is 947 g/mol. The lowest BCUT2D eigenvalue weighted by Crippen LogP contribution is -2.53. The topological polar surface area (TPSA) is 266 Å². The zero-order valence-electron chi connectivity index (χ0n) is 38.7. The smallest absolute Gasteiger partial charge is 0.404 e. The van der Waals surface area contributed by atoms with Gasteiger partial charge in [0, 0.05) is 25.2 Å². The number of hydrogen-bond donors (Lipinski definition) is 4. The number of benzene rings is 5. The number of methoxy groups -OCH3 is 3. The van der Waals surface area contributed by atoms with Crippen LogP contribution in [-0.2, 0) is 51.0 Å². The average molecular weight is 1000 g/mol. The van der Waals surface area contributed by atoms with E-state index in [4.69, 9.17) is 40.5 Å². The number of ether oxygens (including phenoxy) is 4. The number of aliphatic hydroxyl groups excluding tert-OH is 1. The van der Waals surface area contributed by atoms with Crippen LogP contribution in [0, 0.1) is 5.41 Å². The van der Waals surface area contributed by atoms with Gasteiger partial charge in [-0.05, 0) is 81.4 Å². The van der Waals surface area contributed by atoms with Gasteiger partial charge in [0.25, 0.3) is 0 Å². The molecule has 0 saturated carbocycles. The molecule has 69 heavy (non-hydrogen) atoms. The maximum atomic E-state index is 16.2. The minimum Gasteiger partial charge on any atom is -0.497 e. The lowest BCUT2D eigenvalue weighted by atomic mass is 9.84. The lowest BCUT2D eigenvalue weighted by molar-refractivity contribution is 0.0253. The number of aromatic nitrogens is 5. The summed E-state index contributed by atoms with van der Waals surface area (Å²) >= 11 is 1.36. The van der Waals surface area contributed by atoms with Gasteiger partial charge < -0.3 is 35.5 Å². The molecule has 7 aromatic rings. The van der Waals surface area contributed by atoms with Crippen LogP contribution >= 0.6 is 11.3 Å². The van der Waals surface area contributed by atoms with E-state index in [1.54, 1.807) is 101 Å². The molecule has 364 valence electrons. The van der Waals surface area contributed by atoms with E-state index in [0.29, 0.717) is 44.5 Å². The molecule has 2 unspecified atom stereocenters. The van der Waals surface area contributed by atoms with Crippen molar-refractivity contribution in [3.05, 3.63) is 125 Å². The van der Waals surface area contributed by atoms with Crippen molar-refractivity contribution in [2.45, 2.75) is 68.9 Å². The van der Waals surface area contributed by atoms with Crippen LogP contribution in [0.5, 0.6) is 17.2 Å². The summed E-state index contributed by atoms with van der Waals surface area (Å²) in [6.45, 7) is 4.02. The van der Waals surface area contributed by atoms with Gasteiger partial charge >= 0.3 is 6.09 Å². The van der Waals surface area contributed by atoms with Gasteiger partial charge in [-0.3, -0.25) is 0 Å². The van der Waals surface area contributed by atoms with E-state index >= 15 is 16.8 Å². The molecule has 0 aliphatic carbocycles. The highest BCUT2D eigenvalue weighted by Crippen LogP contribution is 2.44.